The molecule has 1 N–H and O–H groups in total. The number of hydrogen-bond acceptors (Lipinski definition) is 1. The zero-order valence-corrected chi connectivity index (χ0v) is 11.4. The molecular formula is C14H11BrN2O. The summed E-state index contributed by atoms with van der Waals surface area (Å²) in [4.78, 5) is 14.9. The Morgan fingerprint density at radius 3 is 2.56 bits per heavy atom. The molecule has 0 saturated carbocycles. The average molecular weight is 303 g/mol. The highest BCUT2D eigenvalue weighted by Gasteiger charge is 2.10. The van der Waals surface area contributed by atoms with Gasteiger partial charge in [-0.1, -0.05) is 28.1 Å². The minimum Gasteiger partial charge on any atom is -0.305 e. The lowest BCUT2D eigenvalue weighted by Gasteiger charge is -2.05. The number of nitrogens with zero attached hydrogens (tertiary/aromatic N) is 1. The predicted molar refractivity (Wildman–Crippen MR) is 76.3 cm³/mol. The largest absolute Gasteiger partial charge is 0.331 e. The van der Waals surface area contributed by atoms with E-state index in [1.807, 2.05) is 49.4 Å². The molecule has 0 spiro atoms. The highest BCUT2D eigenvalue weighted by atomic mass is 79.9. The molecule has 90 valence electrons. The van der Waals surface area contributed by atoms with Gasteiger partial charge < -0.3 is 4.98 Å². The first-order valence-corrected chi connectivity index (χ1v) is 6.42. The Morgan fingerprint density at radius 2 is 1.83 bits per heavy atom. The quantitative estimate of drug-likeness (QED) is 0.735. The van der Waals surface area contributed by atoms with Crippen molar-refractivity contribution >= 4 is 27.0 Å². The fourth-order valence-electron chi connectivity index (χ4n) is 2.17. The van der Waals surface area contributed by atoms with Crippen LogP contribution in [0.5, 0.6) is 0 Å². The molecule has 18 heavy (non-hydrogen) atoms. The fourth-order valence-corrected chi connectivity index (χ4v) is 2.43. The van der Waals surface area contributed by atoms with Crippen molar-refractivity contribution in [3.05, 3.63) is 63.0 Å². The monoisotopic (exact) mass is 302 g/mol. The van der Waals surface area contributed by atoms with E-state index in [0.29, 0.717) is 0 Å². The van der Waals surface area contributed by atoms with Crippen LogP contribution in [0.2, 0.25) is 0 Å². The van der Waals surface area contributed by atoms with Crippen molar-refractivity contribution in [1.82, 2.24) is 9.55 Å². The number of aromatic amines is 1. The van der Waals surface area contributed by atoms with Gasteiger partial charge in [0.05, 0.1) is 16.7 Å². The normalized spacial score (nSPS) is 11.0. The van der Waals surface area contributed by atoms with Crippen molar-refractivity contribution in [3.8, 4) is 5.69 Å². The van der Waals surface area contributed by atoms with E-state index in [2.05, 4.69) is 20.9 Å². The predicted octanol–water partition coefficient (Wildman–Crippen LogP) is 3.39. The number of benzene rings is 2. The maximum absolute atomic E-state index is 12.1. The number of rotatable bonds is 1. The smallest absolute Gasteiger partial charge is 0.305 e. The molecule has 0 aliphatic heterocycles. The number of aromatic nitrogens is 2. The summed E-state index contributed by atoms with van der Waals surface area (Å²) in [7, 11) is 0. The van der Waals surface area contributed by atoms with Crippen molar-refractivity contribution in [2.24, 2.45) is 0 Å². The van der Waals surface area contributed by atoms with Gasteiger partial charge in [-0.05, 0) is 42.8 Å². The van der Waals surface area contributed by atoms with Gasteiger partial charge in [-0.3, -0.25) is 4.57 Å². The van der Waals surface area contributed by atoms with Gasteiger partial charge in [0.15, 0.2) is 0 Å². The molecule has 3 aromatic rings. The number of fused-ring (bicyclic) bond motifs is 1. The minimum absolute atomic E-state index is 0.110. The molecule has 4 heteroatoms. The molecule has 0 fully saturated rings. The molecule has 3 nitrogen and oxygen atoms in total. The summed E-state index contributed by atoms with van der Waals surface area (Å²) in [6.45, 7) is 2.00. The standard InChI is InChI=1S/C14H11BrN2O/c1-9-3-2-4-12-13(9)17(14(18)16-12)11-7-5-10(15)6-8-11/h2-8H,1H3,(H,16,18). The van der Waals surface area contributed by atoms with E-state index in [1.165, 1.54) is 0 Å². The molecule has 0 radical (unpaired) electrons. The Morgan fingerprint density at radius 1 is 1.11 bits per heavy atom. The highest BCUT2D eigenvalue weighted by Crippen LogP contribution is 2.20. The van der Waals surface area contributed by atoms with Gasteiger partial charge in [0.25, 0.3) is 0 Å². The minimum atomic E-state index is -0.110. The summed E-state index contributed by atoms with van der Waals surface area (Å²) in [6.07, 6.45) is 0. The lowest BCUT2D eigenvalue weighted by molar-refractivity contribution is 1.01. The van der Waals surface area contributed by atoms with Gasteiger partial charge in [0, 0.05) is 4.47 Å². The topological polar surface area (TPSA) is 37.8 Å². The van der Waals surface area contributed by atoms with E-state index in [0.717, 1.165) is 26.8 Å². The summed E-state index contributed by atoms with van der Waals surface area (Å²) in [5.41, 5.74) is 3.63. The third-order valence-electron chi connectivity index (χ3n) is 2.99. The Kier molecular flexibility index (Phi) is 2.59. The molecule has 3 rings (SSSR count). The van der Waals surface area contributed by atoms with Crippen LogP contribution in [0.1, 0.15) is 5.56 Å². The van der Waals surface area contributed by atoms with Gasteiger partial charge in [0.1, 0.15) is 0 Å². The van der Waals surface area contributed by atoms with E-state index in [1.54, 1.807) is 4.57 Å². The molecule has 0 aliphatic rings. The Hall–Kier alpha value is -1.81. The summed E-state index contributed by atoms with van der Waals surface area (Å²) >= 11 is 3.40. The van der Waals surface area contributed by atoms with E-state index in [-0.39, 0.29) is 5.69 Å². The zero-order chi connectivity index (χ0) is 12.7. The molecule has 0 amide bonds. The van der Waals surface area contributed by atoms with E-state index < -0.39 is 0 Å². The lowest BCUT2D eigenvalue weighted by Crippen LogP contribution is -2.14. The maximum Gasteiger partial charge on any atom is 0.331 e. The van der Waals surface area contributed by atoms with Crippen LogP contribution >= 0.6 is 15.9 Å². The van der Waals surface area contributed by atoms with Crippen molar-refractivity contribution < 1.29 is 0 Å². The number of para-hydroxylation sites is 1. The van der Waals surface area contributed by atoms with Gasteiger partial charge in [0.2, 0.25) is 0 Å². The SMILES string of the molecule is Cc1cccc2[nH]c(=O)n(-c3ccc(Br)cc3)c12. The summed E-state index contributed by atoms with van der Waals surface area (Å²) in [6, 6.07) is 13.6. The second-order valence-electron chi connectivity index (χ2n) is 4.21. The molecule has 1 heterocycles. The Labute approximate surface area is 112 Å². The van der Waals surface area contributed by atoms with Gasteiger partial charge in [-0.15, -0.1) is 0 Å². The molecule has 0 saturated heterocycles. The van der Waals surface area contributed by atoms with E-state index >= 15 is 0 Å². The van der Waals surface area contributed by atoms with Gasteiger partial charge >= 0.3 is 5.69 Å². The first kappa shape index (κ1) is 11.3. The van der Waals surface area contributed by atoms with Crippen LogP contribution in [0.25, 0.3) is 16.7 Å². The van der Waals surface area contributed by atoms with Crippen molar-refractivity contribution in [3.63, 3.8) is 0 Å². The number of imidazole rings is 1. The van der Waals surface area contributed by atoms with Crippen LogP contribution < -0.4 is 5.69 Å². The van der Waals surface area contributed by atoms with Crippen LogP contribution in [0.3, 0.4) is 0 Å². The fraction of sp³-hybridized carbons (Fsp3) is 0.0714. The molecule has 1 aromatic heterocycles. The van der Waals surface area contributed by atoms with E-state index in [9.17, 15) is 4.79 Å². The van der Waals surface area contributed by atoms with Crippen LogP contribution in [0, 0.1) is 6.92 Å². The third-order valence-corrected chi connectivity index (χ3v) is 3.52. The summed E-state index contributed by atoms with van der Waals surface area (Å²) in [5, 5.41) is 0. The number of halogens is 1. The summed E-state index contributed by atoms with van der Waals surface area (Å²) in [5.74, 6) is 0. The number of H-pyrrole nitrogens is 1. The van der Waals surface area contributed by atoms with Crippen LogP contribution in [0.4, 0.5) is 0 Å². The average Bonchev–Trinajstić information content (AvgIpc) is 2.68. The van der Waals surface area contributed by atoms with Crippen LogP contribution in [0.15, 0.2) is 51.7 Å². The third kappa shape index (κ3) is 1.69. The van der Waals surface area contributed by atoms with Gasteiger partial charge in [-0.2, -0.15) is 0 Å². The molecular weight excluding hydrogens is 292 g/mol. The highest BCUT2D eigenvalue weighted by molar-refractivity contribution is 9.10. The molecule has 0 aliphatic carbocycles. The van der Waals surface area contributed by atoms with Crippen molar-refractivity contribution in [1.29, 1.82) is 0 Å². The number of aryl methyl sites for hydroxylation is 1. The van der Waals surface area contributed by atoms with Crippen molar-refractivity contribution in [2.75, 3.05) is 0 Å². The molecule has 0 atom stereocenters. The Balaban J connectivity index is 2.38. The van der Waals surface area contributed by atoms with Crippen LogP contribution in [-0.2, 0) is 0 Å². The molecule has 0 unspecified atom stereocenters. The maximum atomic E-state index is 12.1. The molecule has 0 bridgehead atoms. The first-order chi connectivity index (χ1) is 8.66. The summed E-state index contributed by atoms with van der Waals surface area (Å²) < 4.78 is 2.70. The van der Waals surface area contributed by atoms with Crippen molar-refractivity contribution in [2.45, 2.75) is 6.92 Å². The lowest BCUT2D eigenvalue weighted by atomic mass is 10.2. The second kappa shape index (κ2) is 4.14. The van der Waals surface area contributed by atoms with Gasteiger partial charge in [-0.25, -0.2) is 4.79 Å². The zero-order valence-electron chi connectivity index (χ0n) is 9.77. The molecule has 2 aromatic carbocycles. The number of hydrogen-bond donors (Lipinski definition) is 1. The van der Waals surface area contributed by atoms with E-state index in [4.69, 9.17) is 0 Å². The Bertz CT molecular complexity index is 769. The second-order valence-corrected chi connectivity index (χ2v) is 5.13. The van der Waals surface area contributed by atoms with Crippen LogP contribution in [-0.4, -0.2) is 9.55 Å². The first-order valence-electron chi connectivity index (χ1n) is 5.63. The number of nitrogens with one attached hydrogen (secondary N) is 1.